The van der Waals surface area contributed by atoms with E-state index >= 15 is 0 Å². The highest BCUT2D eigenvalue weighted by molar-refractivity contribution is 5.91. The van der Waals surface area contributed by atoms with Crippen LogP contribution in [0.2, 0.25) is 0 Å². The van der Waals surface area contributed by atoms with E-state index in [0.717, 1.165) is 5.57 Å². The van der Waals surface area contributed by atoms with Gasteiger partial charge in [0.25, 0.3) is 0 Å². The molecule has 142 valence electrons. The minimum Gasteiger partial charge on any atom is -0.458 e. The molecule has 6 heteroatoms. The first-order valence-electron chi connectivity index (χ1n) is 8.87. The van der Waals surface area contributed by atoms with Crippen molar-refractivity contribution in [1.82, 2.24) is 0 Å². The van der Waals surface area contributed by atoms with Gasteiger partial charge in [0, 0.05) is 30.6 Å². The first kappa shape index (κ1) is 18.9. The molecule has 3 rings (SSSR count). The number of carbonyl (C=O) groups is 2. The number of fused-ring (bicyclic) bond motifs is 3. The van der Waals surface area contributed by atoms with Crippen molar-refractivity contribution in [1.29, 1.82) is 0 Å². The highest BCUT2D eigenvalue weighted by atomic mass is 16.7. The molecule has 0 aliphatic carbocycles. The van der Waals surface area contributed by atoms with Crippen molar-refractivity contribution in [2.45, 2.75) is 57.7 Å². The first-order valence-corrected chi connectivity index (χ1v) is 8.87. The summed E-state index contributed by atoms with van der Waals surface area (Å²) in [4.78, 5) is 24.3. The van der Waals surface area contributed by atoms with Gasteiger partial charge in [-0.1, -0.05) is 20.1 Å². The van der Waals surface area contributed by atoms with E-state index in [1.165, 1.54) is 0 Å². The molecule has 6 nitrogen and oxygen atoms in total. The van der Waals surface area contributed by atoms with Gasteiger partial charge in [-0.05, 0) is 31.9 Å². The Morgan fingerprint density at radius 2 is 2.08 bits per heavy atom. The lowest BCUT2D eigenvalue weighted by atomic mass is 9.81. The number of carbonyl (C=O) groups excluding carboxylic acids is 2. The summed E-state index contributed by atoms with van der Waals surface area (Å²) in [5.74, 6) is -2.33. The molecule has 3 aliphatic rings. The third kappa shape index (κ3) is 3.01. The lowest BCUT2D eigenvalue weighted by molar-refractivity contribution is -0.225. The van der Waals surface area contributed by atoms with Crippen LogP contribution in [0, 0.1) is 11.8 Å². The van der Waals surface area contributed by atoms with Crippen LogP contribution in [0.3, 0.4) is 0 Å². The topological polar surface area (TPSA) is 71.1 Å². The van der Waals surface area contributed by atoms with Crippen LogP contribution in [0.5, 0.6) is 0 Å². The number of hydrogen-bond donors (Lipinski definition) is 0. The van der Waals surface area contributed by atoms with Gasteiger partial charge in [0.1, 0.15) is 12.2 Å². The zero-order chi connectivity index (χ0) is 19.2. The van der Waals surface area contributed by atoms with Crippen molar-refractivity contribution >= 4 is 11.9 Å². The van der Waals surface area contributed by atoms with E-state index in [-0.39, 0.29) is 12.0 Å². The maximum absolute atomic E-state index is 12.2. The van der Waals surface area contributed by atoms with E-state index in [9.17, 15) is 9.59 Å². The average Bonchev–Trinajstić information content (AvgIpc) is 3.05. The Kier molecular flexibility index (Phi) is 4.84. The Labute approximate surface area is 153 Å². The second-order valence-corrected chi connectivity index (χ2v) is 7.51. The highest BCUT2D eigenvalue weighted by Gasteiger charge is 2.53. The molecule has 2 fully saturated rings. The Hall–Kier alpha value is -1.92. The summed E-state index contributed by atoms with van der Waals surface area (Å²) in [6, 6.07) is 0. The third-order valence-electron chi connectivity index (χ3n) is 5.63. The molecule has 0 aromatic heterocycles. The smallest absolute Gasteiger partial charge is 0.334 e. The number of rotatable bonds is 3. The second-order valence-electron chi connectivity index (χ2n) is 7.51. The molecule has 0 radical (unpaired) electrons. The molecular formula is C20H26O6. The average molecular weight is 362 g/mol. The van der Waals surface area contributed by atoms with Crippen LogP contribution in [0.4, 0.5) is 0 Å². The third-order valence-corrected chi connectivity index (χ3v) is 5.63. The standard InChI is InChI=1S/C20H26O6/c1-10(2)18(21)24-15-7-12(4)20(23-6)9-11(3)14(26-20)8-16-17(15)13(5)19(22)25-16/h9,12,14-17H,1,5,7-8H2,2-4,6H3/t12-,14-,15+,16-,17-,20-/m1/s1. The predicted octanol–water partition coefficient (Wildman–Crippen LogP) is 2.69. The molecule has 0 N–H and O–H groups in total. The Morgan fingerprint density at radius 1 is 1.38 bits per heavy atom. The van der Waals surface area contributed by atoms with E-state index in [0.29, 0.717) is 24.0 Å². The molecular weight excluding hydrogens is 336 g/mol. The predicted molar refractivity (Wildman–Crippen MR) is 94.0 cm³/mol. The SMILES string of the molecule is C=C(C)C(=O)O[C@H]1C[C@@H](C)[C@@]2(OC)C=C(C)[C@@H](C[C@H]3OC(=O)C(=C)[C@H]13)O2. The van der Waals surface area contributed by atoms with Crippen molar-refractivity contribution in [2.75, 3.05) is 7.11 Å². The summed E-state index contributed by atoms with van der Waals surface area (Å²) in [5, 5.41) is 0. The van der Waals surface area contributed by atoms with Crippen molar-refractivity contribution in [2.24, 2.45) is 11.8 Å². The summed E-state index contributed by atoms with van der Waals surface area (Å²) in [5.41, 5.74) is 1.69. The van der Waals surface area contributed by atoms with Crippen LogP contribution in [0.15, 0.2) is 36.0 Å². The zero-order valence-electron chi connectivity index (χ0n) is 15.7. The van der Waals surface area contributed by atoms with Crippen LogP contribution >= 0.6 is 0 Å². The molecule has 0 unspecified atom stereocenters. The normalized spacial score (nSPS) is 39.2. The van der Waals surface area contributed by atoms with Gasteiger partial charge < -0.3 is 18.9 Å². The molecule has 6 atom stereocenters. The molecule has 0 amide bonds. The van der Waals surface area contributed by atoms with Crippen LogP contribution in [-0.4, -0.2) is 43.1 Å². The Balaban J connectivity index is 2.00. The molecule has 0 saturated carbocycles. The lowest BCUT2D eigenvalue weighted by Gasteiger charge is -2.35. The maximum Gasteiger partial charge on any atom is 0.334 e. The maximum atomic E-state index is 12.2. The molecule has 2 bridgehead atoms. The fourth-order valence-corrected chi connectivity index (χ4v) is 4.10. The van der Waals surface area contributed by atoms with Gasteiger partial charge in [-0.3, -0.25) is 0 Å². The second kappa shape index (κ2) is 6.67. The fraction of sp³-hybridized carbons (Fsp3) is 0.600. The van der Waals surface area contributed by atoms with Gasteiger partial charge >= 0.3 is 11.9 Å². The molecule has 0 aromatic rings. The monoisotopic (exact) mass is 362 g/mol. The number of esters is 2. The zero-order valence-corrected chi connectivity index (χ0v) is 15.7. The molecule has 0 spiro atoms. The number of methoxy groups -OCH3 is 1. The lowest BCUT2D eigenvalue weighted by Crippen LogP contribution is -2.41. The quantitative estimate of drug-likeness (QED) is 0.437. The largest absolute Gasteiger partial charge is 0.458 e. The molecule has 3 aliphatic heterocycles. The van der Waals surface area contributed by atoms with Crippen LogP contribution < -0.4 is 0 Å². The van der Waals surface area contributed by atoms with Crippen LogP contribution in [0.1, 0.15) is 33.6 Å². The van der Waals surface area contributed by atoms with Gasteiger partial charge in [-0.25, -0.2) is 9.59 Å². The van der Waals surface area contributed by atoms with Crippen molar-refractivity contribution < 1.29 is 28.5 Å². The van der Waals surface area contributed by atoms with E-state index < -0.39 is 35.9 Å². The van der Waals surface area contributed by atoms with E-state index in [1.807, 2.05) is 19.9 Å². The van der Waals surface area contributed by atoms with Gasteiger partial charge in [-0.2, -0.15) is 0 Å². The number of ether oxygens (including phenoxy) is 4. The number of hydrogen-bond acceptors (Lipinski definition) is 6. The van der Waals surface area contributed by atoms with Crippen molar-refractivity contribution in [3.8, 4) is 0 Å². The van der Waals surface area contributed by atoms with Gasteiger partial charge in [-0.15, -0.1) is 0 Å². The Bertz CT molecular complexity index is 692. The first-order chi connectivity index (χ1) is 12.2. The Morgan fingerprint density at radius 3 is 2.69 bits per heavy atom. The van der Waals surface area contributed by atoms with Crippen molar-refractivity contribution in [3.63, 3.8) is 0 Å². The summed E-state index contributed by atoms with van der Waals surface area (Å²) in [6.45, 7) is 13.1. The minimum absolute atomic E-state index is 0.113. The fourth-order valence-electron chi connectivity index (χ4n) is 4.10. The van der Waals surface area contributed by atoms with Gasteiger partial charge in [0.2, 0.25) is 0 Å². The summed E-state index contributed by atoms with van der Waals surface area (Å²) < 4.78 is 23.2. The van der Waals surface area contributed by atoms with Crippen LogP contribution in [-0.2, 0) is 28.5 Å². The van der Waals surface area contributed by atoms with E-state index in [4.69, 9.17) is 18.9 Å². The molecule has 2 saturated heterocycles. The van der Waals surface area contributed by atoms with Crippen LogP contribution in [0.25, 0.3) is 0 Å². The van der Waals surface area contributed by atoms with Gasteiger partial charge in [0.05, 0.1) is 12.0 Å². The summed E-state index contributed by atoms with van der Waals surface area (Å²) >= 11 is 0. The van der Waals surface area contributed by atoms with E-state index in [1.54, 1.807) is 14.0 Å². The molecule has 0 aromatic carbocycles. The minimum atomic E-state index is -0.882. The molecule has 3 heterocycles. The molecule has 26 heavy (non-hydrogen) atoms. The summed E-state index contributed by atoms with van der Waals surface area (Å²) in [6.07, 6.45) is 1.65. The van der Waals surface area contributed by atoms with Crippen molar-refractivity contribution in [3.05, 3.63) is 36.0 Å². The van der Waals surface area contributed by atoms with E-state index in [2.05, 4.69) is 13.2 Å². The summed E-state index contributed by atoms with van der Waals surface area (Å²) in [7, 11) is 1.61. The van der Waals surface area contributed by atoms with Gasteiger partial charge in [0.15, 0.2) is 5.79 Å². The highest BCUT2D eigenvalue weighted by Crippen LogP contribution is 2.46.